The molecule has 0 saturated carbocycles. The summed E-state index contributed by atoms with van der Waals surface area (Å²) in [4.78, 5) is 10.4. The number of carbonyl (C=O) groups is 1. The van der Waals surface area contributed by atoms with Gasteiger partial charge >= 0.3 is 5.97 Å². The van der Waals surface area contributed by atoms with Crippen molar-refractivity contribution in [1.29, 1.82) is 0 Å². The van der Waals surface area contributed by atoms with Crippen LogP contribution in [0, 0.1) is 0 Å². The Morgan fingerprint density at radius 2 is 1.92 bits per heavy atom. The topological polar surface area (TPSA) is 83.5 Å². The lowest BCUT2D eigenvalue weighted by Crippen LogP contribution is -2.32. The molecule has 1 atom stereocenters. The van der Waals surface area contributed by atoms with Crippen molar-refractivity contribution in [3.8, 4) is 5.75 Å². The Morgan fingerprint density at radius 3 is 2.38 bits per heavy atom. The number of phenolic OH excluding ortho intramolecular Hbond substituents is 1. The Balaban J connectivity index is 2.64. The predicted molar refractivity (Wildman–Crippen MR) is 47.4 cm³/mol. The van der Waals surface area contributed by atoms with Gasteiger partial charge in [0.1, 0.15) is 11.8 Å². The fourth-order valence-corrected chi connectivity index (χ4v) is 0.973. The average molecular weight is 183 g/mol. The highest BCUT2D eigenvalue weighted by Crippen LogP contribution is 2.10. The summed E-state index contributed by atoms with van der Waals surface area (Å²) >= 11 is 0. The summed E-state index contributed by atoms with van der Waals surface area (Å²) in [7, 11) is 0. The Morgan fingerprint density at radius 1 is 1.38 bits per heavy atom. The number of aliphatic carboxylic acids is 1. The number of phenols is 1. The van der Waals surface area contributed by atoms with Gasteiger partial charge in [-0.1, -0.05) is 12.1 Å². The van der Waals surface area contributed by atoms with E-state index in [1.54, 1.807) is 12.1 Å². The summed E-state index contributed by atoms with van der Waals surface area (Å²) in [5.74, 6) is -0.860. The van der Waals surface area contributed by atoms with E-state index in [9.17, 15) is 4.79 Å². The summed E-state index contributed by atoms with van der Waals surface area (Å²) in [5, 5.41) is 17.5. The second kappa shape index (κ2) is 3.91. The number of aromatic hydroxyl groups is 1. The molecule has 0 amide bonds. The molecule has 0 fully saturated rings. The van der Waals surface area contributed by atoms with Gasteiger partial charge in [-0.25, -0.2) is 0 Å². The molecule has 0 aliphatic carbocycles. The van der Waals surface area contributed by atoms with Gasteiger partial charge in [-0.05, 0) is 24.1 Å². The number of nitrogens with two attached hydrogens (primary N) is 1. The van der Waals surface area contributed by atoms with Crippen molar-refractivity contribution in [2.45, 2.75) is 12.5 Å². The molecule has 4 heteroatoms. The highest BCUT2D eigenvalue weighted by Gasteiger charge is 2.11. The zero-order valence-electron chi connectivity index (χ0n) is 6.97. The highest BCUT2D eigenvalue weighted by atomic mass is 16.4. The van der Waals surface area contributed by atoms with Crippen molar-refractivity contribution in [2.24, 2.45) is 5.73 Å². The zero-order chi connectivity index (χ0) is 9.84. The zero-order valence-corrected chi connectivity index (χ0v) is 6.97. The lowest BCUT2D eigenvalue weighted by atomic mass is 10.1. The number of rotatable bonds is 3. The van der Waals surface area contributed by atoms with Crippen LogP contribution >= 0.6 is 0 Å². The third-order valence-electron chi connectivity index (χ3n) is 1.71. The first-order valence-electron chi connectivity index (χ1n) is 3.86. The van der Waals surface area contributed by atoms with E-state index >= 15 is 0 Å². The minimum atomic E-state index is -1.02. The van der Waals surface area contributed by atoms with E-state index in [1.165, 1.54) is 12.1 Å². The standard InChI is InChI=1S/C9H11NO3/c10-8(9(12)13)5-6-1-3-7(11)4-2-6/h1-4,8,11H,5,10H2,(H,12,13)/t8-/m0/s1/i3+1,4+1. The number of hydrogen-bond donors (Lipinski definition) is 3. The molecule has 1 rings (SSSR count). The summed E-state index contributed by atoms with van der Waals surface area (Å²) in [6, 6.07) is 5.42. The van der Waals surface area contributed by atoms with Gasteiger partial charge in [-0.3, -0.25) is 4.79 Å². The lowest BCUT2D eigenvalue weighted by Gasteiger charge is -2.05. The van der Waals surface area contributed by atoms with E-state index in [2.05, 4.69) is 0 Å². The molecule has 0 aliphatic heterocycles. The minimum Gasteiger partial charge on any atom is -0.508 e. The van der Waals surface area contributed by atoms with Crippen LogP contribution in [-0.2, 0) is 11.2 Å². The summed E-state index contributed by atoms with van der Waals surface area (Å²) < 4.78 is 0. The first-order valence-corrected chi connectivity index (χ1v) is 3.86. The maximum absolute atomic E-state index is 10.4. The maximum Gasteiger partial charge on any atom is 0.320 e. The predicted octanol–water partition coefficient (Wildman–Crippen LogP) is 0.347. The summed E-state index contributed by atoms with van der Waals surface area (Å²) in [6.07, 6.45) is 0.273. The molecule has 0 radical (unpaired) electrons. The molecule has 4 nitrogen and oxygen atoms in total. The first-order chi connectivity index (χ1) is 6.09. The van der Waals surface area contributed by atoms with Crippen LogP contribution in [0.1, 0.15) is 5.56 Å². The Hall–Kier alpha value is -1.55. The number of benzene rings is 1. The molecule has 0 saturated heterocycles. The molecular weight excluding hydrogens is 172 g/mol. The van der Waals surface area contributed by atoms with Crippen LogP contribution in [-0.4, -0.2) is 22.2 Å². The molecule has 1 aromatic rings. The number of carboxylic acid groups (broad SMARTS) is 1. The molecule has 0 heterocycles. The smallest absolute Gasteiger partial charge is 0.320 e. The normalized spacial score (nSPS) is 12.4. The van der Waals surface area contributed by atoms with Crippen LogP contribution in [0.15, 0.2) is 24.3 Å². The molecule has 0 spiro atoms. The van der Waals surface area contributed by atoms with Gasteiger partial charge in [0.05, 0.1) is 0 Å². The van der Waals surface area contributed by atoms with E-state index < -0.39 is 12.0 Å². The van der Waals surface area contributed by atoms with Crippen molar-refractivity contribution < 1.29 is 15.0 Å². The lowest BCUT2D eigenvalue weighted by molar-refractivity contribution is -0.138. The molecule has 0 aromatic heterocycles. The third-order valence-corrected chi connectivity index (χ3v) is 1.71. The molecule has 0 bridgehead atoms. The quantitative estimate of drug-likeness (QED) is 0.631. The van der Waals surface area contributed by atoms with Crippen molar-refractivity contribution in [2.75, 3.05) is 0 Å². The fraction of sp³-hybridized carbons (Fsp3) is 0.222. The Labute approximate surface area is 75.6 Å². The molecule has 1 aromatic carbocycles. The van der Waals surface area contributed by atoms with Crippen molar-refractivity contribution in [1.82, 2.24) is 0 Å². The van der Waals surface area contributed by atoms with Crippen LogP contribution in [0.5, 0.6) is 5.75 Å². The second-order valence-electron chi connectivity index (χ2n) is 2.82. The van der Waals surface area contributed by atoms with Gasteiger partial charge < -0.3 is 15.9 Å². The summed E-state index contributed by atoms with van der Waals surface area (Å²) in [6.45, 7) is 0. The maximum atomic E-state index is 10.4. The van der Waals surface area contributed by atoms with Crippen LogP contribution in [0.2, 0.25) is 0 Å². The third kappa shape index (κ3) is 2.76. The SMILES string of the molecule is N[C@@H](Cc1c[13cH]c(O)[13cH]c1)C(=O)O. The monoisotopic (exact) mass is 183 g/mol. The van der Waals surface area contributed by atoms with E-state index in [-0.39, 0.29) is 12.2 Å². The fourth-order valence-electron chi connectivity index (χ4n) is 0.973. The van der Waals surface area contributed by atoms with Crippen LogP contribution < -0.4 is 5.73 Å². The van der Waals surface area contributed by atoms with E-state index in [0.29, 0.717) is 0 Å². The van der Waals surface area contributed by atoms with Crippen molar-refractivity contribution in [3.63, 3.8) is 0 Å². The van der Waals surface area contributed by atoms with Gasteiger partial charge in [0.25, 0.3) is 0 Å². The van der Waals surface area contributed by atoms with Gasteiger partial charge in [0, 0.05) is 0 Å². The largest absolute Gasteiger partial charge is 0.508 e. The van der Waals surface area contributed by atoms with Gasteiger partial charge in [0.2, 0.25) is 0 Å². The molecule has 0 aliphatic rings. The second-order valence-corrected chi connectivity index (χ2v) is 2.82. The minimum absolute atomic E-state index is 0.160. The average Bonchev–Trinajstić information content (AvgIpc) is 2.08. The Kier molecular flexibility index (Phi) is 2.87. The van der Waals surface area contributed by atoms with Crippen LogP contribution in [0.4, 0.5) is 0 Å². The Bertz CT molecular complexity index is 294. The van der Waals surface area contributed by atoms with E-state index in [0.717, 1.165) is 5.56 Å². The molecular formula is C9H11NO3. The van der Waals surface area contributed by atoms with E-state index in [1.807, 2.05) is 0 Å². The molecule has 4 N–H and O–H groups in total. The highest BCUT2D eigenvalue weighted by molar-refractivity contribution is 5.73. The number of hydrogen-bond acceptors (Lipinski definition) is 3. The first kappa shape index (κ1) is 9.54. The van der Waals surface area contributed by atoms with E-state index in [4.69, 9.17) is 15.9 Å². The molecule has 0 unspecified atom stereocenters. The van der Waals surface area contributed by atoms with Gasteiger partial charge in [-0.2, -0.15) is 0 Å². The van der Waals surface area contributed by atoms with Crippen molar-refractivity contribution in [3.05, 3.63) is 29.8 Å². The van der Waals surface area contributed by atoms with Crippen LogP contribution in [0.3, 0.4) is 0 Å². The number of carboxylic acids is 1. The summed E-state index contributed by atoms with van der Waals surface area (Å²) in [5.41, 5.74) is 6.12. The molecule has 13 heavy (non-hydrogen) atoms. The van der Waals surface area contributed by atoms with Crippen molar-refractivity contribution >= 4 is 5.97 Å². The van der Waals surface area contributed by atoms with Crippen LogP contribution in [0.25, 0.3) is 0 Å². The van der Waals surface area contributed by atoms with Gasteiger partial charge in [-0.15, -0.1) is 0 Å². The van der Waals surface area contributed by atoms with Gasteiger partial charge in [0.15, 0.2) is 0 Å². The molecule has 70 valence electrons.